The molecule has 0 atom stereocenters. The molecule has 0 amide bonds. The number of hydrogen-bond donors (Lipinski definition) is 0. The molecule has 1 aliphatic carbocycles. The summed E-state index contributed by atoms with van der Waals surface area (Å²) in [5.41, 5.74) is 3.88. The number of rotatable bonds is 4. The van der Waals surface area contributed by atoms with Crippen LogP contribution in [-0.2, 0) is 5.54 Å². The van der Waals surface area contributed by atoms with Gasteiger partial charge in [0.15, 0.2) is 11.3 Å². The zero-order chi connectivity index (χ0) is 23.1. The maximum atomic E-state index is 14.3. The van der Waals surface area contributed by atoms with E-state index in [4.69, 9.17) is 9.15 Å². The minimum atomic E-state index is -0.214. The van der Waals surface area contributed by atoms with Crippen LogP contribution < -0.4 is 9.64 Å². The van der Waals surface area contributed by atoms with E-state index in [1.54, 1.807) is 25.4 Å². The summed E-state index contributed by atoms with van der Waals surface area (Å²) < 4.78 is 26.0. The maximum Gasteiger partial charge on any atom is 0.176 e. The molecule has 5 nitrogen and oxygen atoms in total. The van der Waals surface area contributed by atoms with Crippen molar-refractivity contribution >= 4 is 27.6 Å². The van der Waals surface area contributed by atoms with Gasteiger partial charge in [-0.2, -0.15) is 0 Å². The number of pyridine rings is 1. The first-order valence-corrected chi connectivity index (χ1v) is 12.3. The molecular formula is C28H30FN3O2. The summed E-state index contributed by atoms with van der Waals surface area (Å²) in [6.07, 6.45) is 9.74. The summed E-state index contributed by atoms with van der Waals surface area (Å²) in [5.74, 6) is 0.573. The number of piperazine rings is 1. The molecule has 1 saturated carbocycles. The third-order valence-corrected chi connectivity index (χ3v) is 7.89. The van der Waals surface area contributed by atoms with Gasteiger partial charge in [0.05, 0.1) is 24.6 Å². The second-order valence-corrected chi connectivity index (χ2v) is 9.52. The van der Waals surface area contributed by atoms with Crippen molar-refractivity contribution < 1.29 is 13.5 Å². The van der Waals surface area contributed by atoms with E-state index in [0.29, 0.717) is 5.39 Å². The predicted octanol–water partition coefficient (Wildman–Crippen LogP) is 6.11. The Balaban J connectivity index is 1.32. The Morgan fingerprint density at radius 1 is 0.941 bits per heavy atom. The molecule has 6 heteroatoms. The Kier molecular flexibility index (Phi) is 5.41. The molecule has 4 aromatic rings. The number of aromatic nitrogens is 1. The van der Waals surface area contributed by atoms with Crippen LogP contribution in [0, 0.1) is 5.82 Å². The van der Waals surface area contributed by atoms with Gasteiger partial charge in [-0.1, -0.05) is 31.4 Å². The monoisotopic (exact) mass is 459 g/mol. The molecule has 0 radical (unpaired) electrons. The Morgan fingerprint density at radius 2 is 1.74 bits per heavy atom. The van der Waals surface area contributed by atoms with Crippen molar-refractivity contribution in [3.8, 4) is 5.75 Å². The second kappa shape index (κ2) is 8.58. The van der Waals surface area contributed by atoms with E-state index in [-0.39, 0.29) is 11.4 Å². The molecular weight excluding hydrogens is 429 g/mol. The van der Waals surface area contributed by atoms with Gasteiger partial charge in [0.25, 0.3) is 0 Å². The molecule has 0 spiro atoms. The molecule has 1 saturated heterocycles. The average Bonchev–Trinajstić information content (AvgIpc) is 3.35. The highest BCUT2D eigenvalue weighted by Gasteiger charge is 2.43. The lowest BCUT2D eigenvalue weighted by Gasteiger charge is -2.50. The fourth-order valence-electron chi connectivity index (χ4n) is 6.20. The van der Waals surface area contributed by atoms with Crippen LogP contribution in [-0.4, -0.2) is 43.2 Å². The predicted molar refractivity (Wildman–Crippen MR) is 133 cm³/mol. The summed E-state index contributed by atoms with van der Waals surface area (Å²) >= 11 is 0. The normalized spacial score (nSPS) is 19.1. The first-order valence-electron chi connectivity index (χ1n) is 12.3. The minimum absolute atomic E-state index is 0.0227. The summed E-state index contributed by atoms with van der Waals surface area (Å²) in [6.45, 7) is 3.67. The van der Waals surface area contributed by atoms with Crippen LogP contribution in [0.2, 0.25) is 0 Å². The number of hydrogen-bond acceptors (Lipinski definition) is 5. The Hall–Kier alpha value is -3.12. The number of benzene rings is 2. The van der Waals surface area contributed by atoms with Crippen molar-refractivity contribution in [2.24, 2.45) is 0 Å². The van der Waals surface area contributed by atoms with E-state index in [0.717, 1.165) is 66.9 Å². The number of para-hydroxylation sites is 1. The number of nitrogens with zero attached hydrogens (tertiary/aromatic N) is 3. The van der Waals surface area contributed by atoms with E-state index in [1.807, 2.05) is 24.5 Å². The third-order valence-electron chi connectivity index (χ3n) is 7.89. The second-order valence-electron chi connectivity index (χ2n) is 9.52. The van der Waals surface area contributed by atoms with E-state index < -0.39 is 0 Å². The van der Waals surface area contributed by atoms with Gasteiger partial charge in [0.1, 0.15) is 5.82 Å². The number of halogens is 1. The van der Waals surface area contributed by atoms with Crippen LogP contribution in [0.4, 0.5) is 10.1 Å². The molecule has 3 heterocycles. The standard InChI is InChI=1S/C28H30FN3O2/c1-33-25-9-5-7-20-22(19-34-27(20)25)28(12-3-2-4-13-28)32-17-15-31(16-18-32)24-11-10-23(29)21-8-6-14-30-26(21)24/h5-11,14,19H,2-4,12-13,15-18H2,1H3. The van der Waals surface area contributed by atoms with E-state index >= 15 is 0 Å². The topological polar surface area (TPSA) is 41.7 Å². The molecule has 2 aromatic heterocycles. The number of fused-ring (bicyclic) bond motifs is 2. The number of anilines is 1. The lowest BCUT2D eigenvalue weighted by atomic mass is 9.74. The quantitative estimate of drug-likeness (QED) is 0.368. The molecule has 0 unspecified atom stereocenters. The van der Waals surface area contributed by atoms with Gasteiger partial charge in [0.2, 0.25) is 0 Å². The summed E-state index contributed by atoms with van der Waals surface area (Å²) in [4.78, 5) is 9.54. The molecule has 0 N–H and O–H groups in total. The maximum absolute atomic E-state index is 14.3. The fourth-order valence-corrected chi connectivity index (χ4v) is 6.20. The van der Waals surface area contributed by atoms with Crippen LogP contribution in [0.25, 0.3) is 21.9 Å². The summed E-state index contributed by atoms with van der Waals surface area (Å²) in [7, 11) is 1.70. The van der Waals surface area contributed by atoms with Crippen molar-refractivity contribution in [3.63, 3.8) is 0 Å². The summed E-state index contributed by atoms with van der Waals surface area (Å²) in [6, 6.07) is 13.2. The zero-order valence-electron chi connectivity index (χ0n) is 19.6. The lowest BCUT2D eigenvalue weighted by molar-refractivity contribution is 0.0422. The first-order chi connectivity index (χ1) is 16.7. The molecule has 1 aliphatic heterocycles. The minimum Gasteiger partial charge on any atom is -0.493 e. The molecule has 176 valence electrons. The van der Waals surface area contributed by atoms with Crippen LogP contribution in [0.15, 0.2) is 59.3 Å². The number of ether oxygens (including phenoxy) is 1. The molecule has 2 aromatic carbocycles. The number of furan rings is 1. The van der Waals surface area contributed by atoms with Gasteiger partial charge in [-0.3, -0.25) is 9.88 Å². The van der Waals surface area contributed by atoms with E-state index in [1.165, 1.54) is 24.8 Å². The highest BCUT2D eigenvalue weighted by Crippen LogP contribution is 2.47. The lowest BCUT2D eigenvalue weighted by Crippen LogP contribution is -2.56. The van der Waals surface area contributed by atoms with Crippen molar-refractivity contribution in [1.82, 2.24) is 9.88 Å². The van der Waals surface area contributed by atoms with Crippen LogP contribution in [0.1, 0.15) is 37.7 Å². The highest BCUT2D eigenvalue weighted by molar-refractivity contribution is 5.91. The van der Waals surface area contributed by atoms with Crippen molar-refractivity contribution in [2.45, 2.75) is 37.6 Å². The highest BCUT2D eigenvalue weighted by atomic mass is 19.1. The van der Waals surface area contributed by atoms with Gasteiger partial charge >= 0.3 is 0 Å². The van der Waals surface area contributed by atoms with E-state index in [9.17, 15) is 4.39 Å². The van der Waals surface area contributed by atoms with Gasteiger partial charge < -0.3 is 14.1 Å². The average molecular weight is 460 g/mol. The molecule has 0 bridgehead atoms. The fraction of sp³-hybridized carbons (Fsp3) is 0.393. The molecule has 2 fully saturated rings. The van der Waals surface area contributed by atoms with Gasteiger partial charge in [0, 0.05) is 54.3 Å². The largest absolute Gasteiger partial charge is 0.493 e. The zero-order valence-corrected chi connectivity index (χ0v) is 19.6. The smallest absolute Gasteiger partial charge is 0.176 e. The Morgan fingerprint density at radius 3 is 2.53 bits per heavy atom. The van der Waals surface area contributed by atoms with Crippen LogP contribution >= 0.6 is 0 Å². The van der Waals surface area contributed by atoms with Crippen molar-refractivity contribution in [1.29, 1.82) is 0 Å². The summed E-state index contributed by atoms with van der Waals surface area (Å²) in [5, 5.41) is 1.75. The molecule has 6 rings (SSSR count). The SMILES string of the molecule is COc1cccc2c(C3(N4CCN(c5ccc(F)c6cccnc56)CC4)CCCCC3)coc12. The molecule has 34 heavy (non-hydrogen) atoms. The van der Waals surface area contributed by atoms with E-state index in [2.05, 4.69) is 26.9 Å². The third kappa shape index (κ3) is 3.35. The molecule has 2 aliphatic rings. The van der Waals surface area contributed by atoms with Gasteiger partial charge in [-0.15, -0.1) is 0 Å². The van der Waals surface area contributed by atoms with Crippen molar-refractivity contribution in [2.75, 3.05) is 38.2 Å². The number of methoxy groups -OCH3 is 1. The Labute approximate surface area is 199 Å². The van der Waals surface area contributed by atoms with Crippen LogP contribution in [0.3, 0.4) is 0 Å². The van der Waals surface area contributed by atoms with Crippen LogP contribution in [0.5, 0.6) is 5.75 Å². The first kappa shape index (κ1) is 21.4. The van der Waals surface area contributed by atoms with Gasteiger partial charge in [-0.05, 0) is 43.2 Å². The van der Waals surface area contributed by atoms with Gasteiger partial charge in [-0.25, -0.2) is 4.39 Å². The Bertz CT molecular complexity index is 1320. The van der Waals surface area contributed by atoms with Crippen molar-refractivity contribution in [3.05, 3.63) is 66.3 Å².